The lowest BCUT2D eigenvalue weighted by Crippen LogP contribution is -2.53. The predicted octanol–water partition coefficient (Wildman–Crippen LogP) is 4.01. The molecule has 1 saturated heterocycles. The number of benzene rings is 2. The van der Waals surface area contributed by atoms with E-state index in [9.17, 15) is 9.59 Å². The van der Waals surface area contributed by atoms with Gasteiger partial charge in [-0.3, -0.25) is 19.8 Å². The average Bonchev–Trinajstić information content (AvgIpc) is 2.83. The van der Waals surface area contributed by atoms with Gasteiger partial charge in [0.2, 0.25) is 5.91 Å². The Morgan fingerprint density at radius 2 is 1.85 bits per heavy atom. The minimum absolute atomic E-state index is 0.0519. The number of rotatable bonds is 7. The van der Waals surface area contributed by atoms with Gasteiger partial charge in [0, 0.05) is 22.2 Å². The molecular weight excluding hydrogens is 438 g/mol. The molecule has 1 fully saturated rings. The first-order valence-corrected chi connectivity index (χ1v) is 12.0. The number of hydrogen-bond donors (Lipinski definition) is 3. The lowest BCUT2D eigenvalue weighted by atomic mass is 9.87. The van der Waals surface area contributed by atoms with Crippen LogP contribution in [0.25, 0.3) is 10.9 Å². The molecule has 172 valence electrons. The maximum atomic E-state index is 12.9. The van der Waals surface area contributed by atoms with E-state index < -0.39 is 11.4 Å². The zero-order valence-electron chi connectivity index (χ0n) is 18.5. The number of thioether (sulfide) groups is 1. The van der Waals surface area contributed by atoms with Crippen LogP contribution in [0.5, 0.6) is 5.75 Å². The molecule has 2 heterocycles. The number of amides is 2. The average molecular weight is 466 g/mol. The fraction of sp³-hybridized carbons (Fsp3) is 0.320. The van der Waals surface area contributed by atoms with E-state index in [1.54, 1.807) is 41.5 Å². The fourth-order valence-corrected chi connectivity index (χ4v) is 5.42. The maximum Gasteiger partial charge on any atom is 0.251 e. The van der Waals surface area contributed by atoms with Crippen LogP contribution in [0.3, 0.4) is 0 Å². The van der Waals surface area contributed by atoms with Crippen molar-refractivity contribution >= 4 is 34.5 Å². The number of fused-ring (bicyclic) bond motifs is 1. The first-order valence-electron chi connectivity index (χ1n) is 10.9. The summed E-state index contributed by atoms with van der Waals surface area (Å²) in [4.78, 5) is 29.3. The van der Waals surface area contributed by atoms with Gasteiger partial charge in [-0.15, -0.1) is 0 Å². The summed E-state index contributed by atoms with van der Waals surface area (Å²) in [5.74, 6) is 1.64. The molecule has 0 unspecified atom stereocenters. The van der Waals surface area contributed by atoms with Gasteiger partial charge in [0.05, 0.1) is 17.5 Å². The second-order valence-electron chi connectivity index (χ2n) is 8.31. The van der Waals surface area contributed by atoms with Gasteiger partial charge < -0.3 is 10.1 Å². The highest BCUT2D eigenvalue weighted by Crippen LogP contribution is 2.30. The van der Waals surface area contributed by atoms with Crippen LogP contribution in [0.4, 0.5) is 0 Å². The van der Waals surface area contributed by atoms with Crippen molar-refractivity contribution in [3.63, 3.8) is 0 Å². The van der Waals surface area contributed by atoms with Crippen molar-refractivity contribution in [2.75, 3.05) is 11.5 Å². The molecule has 0 spiro atoms. The van der Waals surface area contributed by atoms with Crippen LogP contribution in [0, 0.1) is 6.92 Å². The molecule has 1 aliphatic rings. The van der Waals surface area contributed by atoms with Crippen LogP contribution >= 0.6 is 11.8 Å². The molecule has 33 heavy (non-hydrogen) atoms. The smallest absolute Gasteiger partial charge is 0.251 e. The van der Waals surface area contributed by atoms with Crippen LogP contribution in [0.15, 0.2) is 54.6 Å². The van der Waals surface area contributed by atoms with Crippen LogP contribution in [-0.2, 0) is 11.4 Å². The van der Waals surface area contributed by atoms with Gasteiger partial charge in [-0.25, -0.2) is 5.48 Å². The molecule has 1 aromatic heterocycles. The van der Waals surface area contributed by atoms with Gasteiger partial charge in [0.15, 0.2) is 0 Å². The number of nitrogens with one attached hydrogen (secondary N) is 2. The first-order chi connectivity index (χ1) is 16.0. The lowest BCUT2D eigenvalue weighted by molar-refractivity contribution is -0.130. The minimum atomic E-state index is -0.648. The summed E-state index contributed by atoms with van der Waals surface area (Å²) >= 11 is 1.80. The van der Waals surface area contributed by atoms with Gasteiger partial charge in [0.25, 0.3) is 5.91 Å². The Morgan fingerprint density at radius 1 is 1.12 bits per heavy atom. The van der Waals surface area contributed by atoms with E-state index in [0.717, 1.165) is 33.7 Å². The minimum Gasteiger partial charge on any atom is -0.489 e. The number of para-hydroxylation sites is 1. The summed E-state index contributed by atoms with van der Waals surface area (Å²) in [6, 6.07) is 17.0. The van der Waals surface area contributed by atoms with E-state index in [2.05, 4.69) is 10.3 Å². The van der Waals surface area contributed by atoms with E-state index in [1.807, 2.05) is 37.3 Å². The Kier molecular flexibility index (Phi) is 7.15. The lowest BCUT2D eigenvalue weighted by Gasteiger charge is -2.37. The zero-order chi connectivity index (χ0) is 23.3. The van der Waals surface area contributed by atoms with Gasteiger partial charge >= 0.3 is 0 Å². The summed E-state index contributed by atoms with van der Waals surface area (Å²) in [5, 5.41) is 13.0. The van der Waals surface area contributed by atoms with E-state index in [-0.39, 0.29) is 12.3 Å². The van der Waals surface area contributed by atoms with E-state index in [4.69, 9.17) is 9.94 Å². The number of aryl methyl sites for hydroxylation is 1. The molecule has 0 saturated carbocycles. The molecule has 4 rings (SSSR count). The number of hydroxylamine groups is 1. The van der Waals surface area contributed by atoms with Crippen molar-refractivity contribution in [1.82, 2.24) is 15.8 Å². The summed E-state index contributed by atoms with van der Waals surface area (Å²) in [5.41, 5.74) is 4.46. The highest BCUT2D eigenvalue weighted by atomic mass is 32.2. The maximum absolute atomic E-state index is 12.9. The van der Waals surface area contributed by atoms with E-state index in [1.165, 1.54) is 0 Å². The molecule has 2 amide bonds. The third-order valence-corrected chi connectivity index (χ3v) is 6.88. The number of aromatic nitrogens is 1. The molecule has 3 N–H and O–H groups in total. The summed E-state index contributed by atoms with van der Waals surface area (Å²) < 4.78 is 5.98. The second-order valence-corrected chi connectivity index (χ2v) is 9.54. The van der Waals surface area contributed by atoms with Crippen molar-refractivity contribution in [2.45, 2.75) is 38.3 Å². The van der Waals surface area contributed by atoms with Crippen molar-refractivity contribution in [1.29, 1.82) is 0 Å². The second kappa shape index (κ2) is 10.2. The zero-order valence-corrected chi connectivity index (χ0v) is 19.3. The molecule has 0 bridgehead atoms. The van der Waals surface area contributed by atoms with Crippen molar-refractivity contribution in [2.24, 2.45) is 0 Å². The topological polar surface area (TPSA) is 101 Å². The number of nitrogens with zero attached hydrogens (tertiary/aromatic N) is 1. The normalized spacial score (nSPS) is 15.1. The van der Waals surface area contributed by atoms with Crippen molar-refractivity contribution in [3.05, 3.63) is 71.4 Å². The number of carbonyl (C=O) groups excluding carboxylic acids is 2. The van der Waals surface area contributed by atoms with Gasteiger partial charge in [-0.05, 0) is 67.7 Å². The number of hydrogen-bond acceptors (Lipinski definition) is 6. The molecule has 2 aromatic carbocycles. The number of carbonyl (C=O) groups is 2. The fourth-order valence-electron chi connectivity index (χ4n) is 4.15. The van der Waals surface area contributed by atoms with Crippen LogP contribution in [0.2, 0.25) is 0 Å². The van der Waals surface area contributed by atoms with E-state index in [0.29, 0.717) is 30.8 Å². The number of ether oxygens (including phenoxy) is 1. The highest BCUT2D eigenvalue weighted by Gasteiger charge is 2.36. The third-order valence-electron chi connectivity index (χ3n) is 5.89. The van der Waals surface area contributed by atoms with Gasteiger partial charge in [0.1, 0.15) is 12.4 Å². The first kappa shape index (κ1) is 23.1. The highest BCUT2D eigenvalue weighted by molar-refractivity contribution is 7.99. The molecule has 7 nitrogen and oxygen atoms in total. The van der Waals surface area contributed by atoms with Gasteiger partial charge in [-0.1, -0.05) is 18.2 Å². The standard InChI is InChI=1S/C25H27N3O4S/c1-17-14-19(21-4-2-3-5-22(21)26-17)16-32-20-8-6-18(7-9-20)24(30)27-25(15-23(29)28-31)10-12-33-13-11-25/h2-9,14,31H,10-13,15-16H2,1H3,(H,27,30)(H,28,29). The molecule has 8 heteroatoms. The predicted molar refractivity (Wildman–Crippen MR) is 129 cm³/mol. The third kappa shape index (κ3) is 5.64. The molecular formula is C25H27N3O4S. The summed E-state index contributed by atoms with van der Waals surface area (Å²) in [6.07, 6.45) is 1.41. The van der Waals surface area contributed by atoms with Crippen molar-refractivity contribution < 1.29 is 19.5 Å². The Hall–Kier alpha value is -3.10. The molecule has 3 aromatic rings. The SMILES string of the molecule is Cc1cc(COc2ccc(C(=O)NC3(CC(=O)NO)CCSCC3)cc2)c2ccccc2n1. The number of pyridine rings is 1. The largest absolute Gasteiger partial charge is 0.489 e. The Morgan fingerprint density at radius 3 is 2.58 bits per heavy atom. The molecule has 1 aliphatic heterocycles. The molecule has 0 aliphatic carbocycles. The Labute approximate surface area is 196 Å². The summed E-state index contributed by atoms with van der Waals surface area (Å²) in [7, 11) is 0. The van der Waals surface area contributed by atoms with Crippen LogP contribution in [0.1, 0.15) is 40.9 Å². The monoisotopic (exact) mass is 465 g/mol. The Balaban J connectivity index is 1.43. The van der Waals surface area contributed by atoms with Crippen LogP contribution in [-0.4, -0.2) is 39.1 Å². The summed E-state index contributed by atoms with van der Waals surface area (Å²) in [6.45, 7) is 2.36. The quantitative estimate of drug-likeness (QED) is 0.360. The van der Waals surface area contributed by atoms with Crippen LogP contribution < -0.4 is 15.5 Å². The molecule has 0 radical (unpaired) electrons. The van der Waals surface area contributed by atoms with Gasteiger partial charge in [-0.2, -0.15) is 11.8 Å². The Bertz CT molecular complexity index is 1140. The molecule has 0 atom stereocenters. The van der Waals surface area contributed by atoms with Crippen molar-refractivity contribution in [3.8, 4) is 5.75 Å². The van der Waals surface area contributed by atoms with E-state index >= 15 is 0 Å².